The summed E-state index contributed by atoms with van der Waals surface area (Å²) < 4.78 is 0. The summed E-state index contributed by atoms with van der Waals surface area (Å²) in [7, 11) is 2.29. The second-order valence-electron chi connectivity index (χ2n) is 7.63. The van der Waals surface area contributed by atoms with Crippen molar-refractivity contribution in [3.63, 3.8) is 0 Å². The van der Waals surface area contributed by atoms with Crippen LogP contribution in [-0.4, -0.2) is 49.1 Å². The van der Waals surface area contributed by atoms with Gasteiger partial charge in [-0.15, -0.1) is 0 Å². The average Bonchev–Trinajstić information content (AvgIpc) is 2.52. The topological polar surface area (TPSA) is 6.48 Å². The number of likely N-dealkylation sites (N-methyl/N-ethyl adjacent to an activating group) is 1. The Hall–Kier alpha value is -0.0800. The summed E-state index contributed by atoms with van der Waals surface area (Å²) in [4.78, 5) is 5.42. The Morgan fingerprint density at radius 1 is 0.650 bits per heavy atom. The minimum absolute atomic E-state index is 0.935. The Morgan fingerprint density at radius 2 is 1.10 bits per heavy atom. The molecule has 2 heteroatoms. The summed E-state index contributed by atoms with van der Waals surface area (Å²) in [6, 6.07) is 0.935. The Morgan fingerprint density at radius 3 is 1.55 bits per heavy atom. The molecule has 2 saturated carbocycles. The number of piperazine rings is 1. The molecule has 3 fully saturated rings. The average molecular weight is 278 g/mol. The van der Waals surface area contributed by atoms with E-state index in [0.29, 0.717) is 0 Å². The van der Waals surface area contributed by atoms with Crippen molar-refractivity contribution in [2.45, 2.75) is 70.3 Å². The summed E-state index contributed by atoms with van der Waals surface area (Å²) in [6.07, 6.45) is 15.1. The van der Waals surface area contributed by atoms with Gasteiger partial charge in [0.1, 0.15) is 0 Å². The first-order chi connectivity index (χ1) is 9.84. The number of nitrogens with zero attached hydrogens (tertiary/aromatic N) is 2. The highest BCUT2D eigenvalue weighted by atomic mass is 15.3. The summed E-state index contributed by atoms with van der Waals surface area (Å²) in [5.41, 5.74) is 0. The summed E-state index contributed by atoms with van der Waals surface area (Å²) >= 11 is 0. The molecular formula is C18H34N2. The fourth-order valence-corrected chi connectivity index (χ4v) is 5.05. The molecule has 1 saturated heterocycles. The lowest BCUT2D eigenvalue weighted by atomic mass is 9.73. The van der Waals surface area contributed by atoms with Crippen molar-refractivity contribution in [1.82, 2.24) is 9.80 Å². The van der Waals surface area contributed by atoms with Crippen molar-refractivity contribution < 1.29 is 0 Å². The van der Waals surface area contributed by atoms with Gasteiger partial charge in [0.05, 0.1) is 0 Å². The van der Waals surface area contributed by atoms with E-state index in [-0.39, 0.29) is 0 Å². The third kappa shape index (κ3) is 3.57. The first kappa shape index (κ1) is 14.8. The van der Waals surface area contributed by atoms with Gasteiger partial charge in [-0.05, 0) is 44.6 Å². The zero-order valence-electron chi connectivity index (χ0n) is 13.5. The molecule has 2 aliphatic carbocycles. The molecule has 3 aliphatic rings. The van der Waals surface area contributed by atoms with E-state index in [0.717, 1.165) is 17.9 Å². The number of rotatable bonds is 3. The minimum atomic E-state index is 0.935. The SMILES string of the molecule is CN1CCN(C(C2CCCCC2)C2CCCCC2)CC1. The molecule has 1 aliphatic heterocycles. The Balaban J connectivity index is 1.68. The van der Waals surface area contributed by atoms with E-state index in [1.54, 1.807) is 0 Å². The quantitative estimate of drug-likeness (QED) is 0.775. The highest BCUT2D eigenvalue weighted by Gasteiger charge is 2.36. The van der Waals surface area contributed by atoms with E-state index in [2.05, 4.69) is 16.8 Å². The monoisotopic (exact) mass is 278 g/mol. The highest BCUT2D eigenvalue weighted by molar-refractivity contribution is 4.90. The second-order valence-corrected chi connectivity index (χ2v) is 7.63. The standard InChI is InChI=1S/C18H34N2/c1-19-12-14-20(15-13-19)18(16-8-4-2-5-9-16)17-10-6-3-7-11-17/h16-18H,2-15H2,1H3. The Labute approximate surface area is 125 Å². The van der Waals surface area contributed by atoms with E-state index in [1.165, 1.54) is 90.4 Å². The number of hydrogen-bond donors (Lipinski definition) is 0. The fourth-order valence-electron chi connectivity index (χ4n) is 5.05. The fraction of sp³-hybridized carbons (Fsp3) is 1.00. The molecule has 2 nitrogen and oxygen atoms in total. The lowest BCUT2D eigenvalue weighted by Crippen LogP contribution is -2.54. The molecule has 0 amide bonds. The lowest BCUT2D eigenvalue weighted by molar-refractivity contribution is 0.0228. The predicted molar refractivity (Wildman–Crippen MR) is 86.0 cm³/mol. The van der Waals surface area contributed by atoms with Crippen LogP contribution in [0.15, 0.2) is 0 Å². The van der Waals surface area contributed by atoms with E-state index in [9.17, 15) is 0 Å². The van der Waals surface area contributed by atoms with Crippen LogP contribution in [0.4, 0.5) is 0 Å². The molecule has 0 radical (unpaired) electrons. The van der Waals surface area contributed by atoms with Crippen LogP contribution < -0.4 is 0 Å². The smallest absolute Gasteiger partial charge is 0.0153 e. The predicted octanol–water partition coefficient (Wildman–Crippen LogP) is 3.76. The molecule has 0 aromatic rings. The van der Waals surface area contributed by atoms with E-state index in [4.69, 9.17) is 0 Å². The Bertz CT molecular complexity index is 253. The van der Waals surface area contributed by atoms with Crippen molar-refractivity contribution in [3.8, 4) is 0 Å². The normalized spacial score (nSPS) is 29.1. The maximum Gasteiger partial charge on any atom is 0.0153 e. The van der Waals surface area contributed by atoms with Gasteiger partial charge in [0.2, 0.25) is 0 Å². The maximum absolute atomic E-state index is 2.91. The van der Waals surface area contributed by atoms with Crippen molar-refractivity contribution in [2.24, 2.45) is 11.8 Å². The molecule has 0 bridgehead atoms. The highest BCUT2D eigenvalue weighted by Crippen LogP contribution is 2.38. The van der Waals surface area contributed by atoms with Gasteiger partial charge in [0, 0.05) is 32.2 Å². The van der Waals surface area contributed by atoms with Crippen LogP contribution in [0.5, 0.6) is 0 Å². The summed E-state index contributed by atoms with van der Waals surface area (Å²) in [6.45, 7) is 5.23. The van der Waals surface area contributed by atoms with Crippen LogP contribution in [-0.2, 0) is 0 Å². The van der Waals surface area contributed by atoms with Crippen LogP contribution in [0.25, 0.3) is 0 Å². The molecule has 0 atom stereocenters. The Kier molecular flexibility index (Phi) is 5.39. The van der Waals surface area contributed by atoms with Gasteiger partial charge < -0.3 is 4.90 Å². The van der Waals surface area contributed by atoms with Crippen LogP contribution in [0.3, 0.4) is 0 Å². The van der Waals surface area contributed by atoms with Crippen LogP contribution in [0.2, 0.25) is 0 Å². The molecule has 3 rings (SSSR count). The summed E-state index contributed by atoms with van der Waals surface area (Å²) in [5, 5.41) is 0. The maximum atomic E-state index is 2.91. The third-order valence-corrected chi connectivity index (χ3v) is 6.23. The molecular weight excluding hydrogens is 244 g/mol. The van der Waals surface area contributed by atoms with Crippen molar-refractivity contribution in [1.29, 1.82) is 0 Å². The van der Waals surface area contributed by atoms with Gasteiger partial charge >= 0.3 is 0 Å². The van der Waals surface area contributed by atoms with Crippen molar-refractivity contribution in [3.05, 3.63) is 0 Å². The van der Waals surface area contributed by atoms with Gasteiger partial charge in [0.25, 0.3) is 0 Å². The van der Waals surface area contributed by atoms with E-state index in [1.807, 2.05) is 0 Å². The third-order valence-electron chi connectivity index (χ3n) is 6.23. The van der Waals surface area contributed by atoms with Gasteiger partial charge in [-0.2, -0.15) is 0 Å². The molecule has 1 heterocycles. The molecule has 116 valence electrons. The first-order valence-corrected chi connectivity index (χ1v) is 9.27. The van der Waals surface area contributed by atoms with Crippen LogP contribution >= 0.6 is 0 Å². The molecule has 0 unspecified atom stereocenters. The van der Waals surface area contributed by atoms with Gasteiger partial charge in [-0.25, -0.2) is 0 Å². The molecule has 0 aromatic carbocycles. The van der Waals surface area contributed by atoms with Crippen molar-refractivity contribution >= 4 is 0 Å². The van der Waals surface area contributed by atoms with Gasteiger partial charge in [0.15, 0.2) is 0 Å². The largest absolute Gasteiger partial charge is 0.304 e. The van der Waals surface area contributed by atoms with Gasteiger partial charge in [-0.3, -0.25) is 4.90 Å². The lowest BCUT2D eigenvalue weighted by Gasteiger charge is -2.47. The van der Waals surface area contributed by atoms with Crippen LogP contribution in [0, 0.1) is 11.8 Å². The molecule has 0 spiro atoms. The minimum Gasteiger partial charge on any atom is -0.304 e. The van der Waals surface area contributed by atoms with Crippen LogP contribution in [0.1, 0.15) is 64.2 Å². The second kappa shape index (κ2) is 7.26. The molecule has 20 heavy (non-hydrogen) atoms. The van der Waals surface area contributed by atoms with E-state index < -0.39 is 0 Å². The number of hydrogen-bond acceptors (Lipinski definition) is 2. The van der Waals surface area contributed by atoms with Gasteiger partial charge in [-0.1, -0.05) is 38.5 Å². The van der Waals surface area contributed by atoms with Crippen molar-refractivity contribution in [2.75, 3.05) is 33.2 Å². The zero-order valence-corrected chi connectivity index (χ0v) is 13.5. The van der Waals surface area contributed by atoms with E-state index >= 15 is 0 Å². The molecule has 0 aromatic heterocycles. The first-order valence-electron chi connectivity index (χ1n) is 9.27. The zero-order chi connectivity index (χ0) is 13.8. The molecule has 0 N–H and O–H groups in total. The summed E-state index contributed by atoms with van der Waals surface area (Å²) in [5.74, 6) is 2.05.